The van der Waals surface area contributed by atoms with E-state index in [0.29, 0.717) is 5.92 Å². The molecule has 0 bridgehead atoms. The fourth-order valence-corrected chi connectivity index (χ4v) is 3.44. The molecule has 0 atom stereocenters. The molecule has 0 aliphatic carbocycles. The molecule has 0 saturated heterocycles. The molecule has 1 heteroatoms. The maximum atomic E-state index is 11.3. The molecular formula is C22H45O. The van der Waals surface area contributed by atoms with E-state index < -0.39 is 0 Å². The molecule has 1 radical (unpaired) electrons. The highest BCUT2D eigenvalue weighted by Crippen LogP contribution is 2.19. The summed E-state index contributed by atoms with van der Waals surface area (Å²) in [7, 11) is 0. The molecule has 23 heavy (non-hydrogen) atoms. The summed E-state index contributed by atoms with van der Waals surface area (Å²) in [5, 5.41) is 11.3. The van der Waals surface area contributed by atoms with E-state index >= 15 is 0 Å². The van der Waals surface area contributed by atoms with Crippen molar-refractivity contribution in [3.05, 3.63) is 0 Å². The Morgan fingerprint density at radius 2 is 0.783 bits per heavy atom. The van der Waals surface area contributed by atoms with Crippen LogP contribution in [0.5, 0.6) is 0 Å². The zero-order chi connectivity index (χ0) is 17.0. The smallest absolute Gasteiger partial charge is 0.0850 e. The number of hydrogen-bond acceptors (Lipinski definition) is 0. The Balaban J connectivity index is 3.29. The predicted molar refractivity (Wildman–Crippen MR) is 103 cm³/mol. The lowest BCUT2D eigenvalue weighted by atomic mass is 9.95. The lowest BCUT2D eigenvalue weighted by Gasteiger charge is -2.13. The Morgan fingerprint density at radius 3 is 1.09 bits per heavy atom. The lowest BCUT2D eigenvalue weighted by molar-refractivity contribution is 0.130. The second-order valence-electron chi connectivity index (χ2n) is 7.56. The molecule has 0 N–H and O–H groups in total. The third-order valence-electron chi connectivity index (χ3n) is 5.17. The van der Waals surface area contributed by atoms with Crippen molar-refractivity contribution < 1.29 is 5.11 Å². The molecule has 0 rings (SSSR count). The molecular weight excluding hydrogens is 280 g/mol. The highest BCUT2D eigenvalue weighted by atomic mass is 16.3. The molecule has 0 heterocycles. The van der Waals surface area contributed by atoms with Crippen molar-refractivity contribution in [2.45, 2.75) is 129 Å². The van der Waals surface area contributed by atoms with Gasteiger partial charge < -0.3 is 0 Å². The summed E-state index contributed by atoms with van der Waals surface area (Å²) in [6, 6.07) is 0. The summed E-state index contributed by atoms with van der Waals surface area (Å²) < 4.78 is 0. The second-order valence-corrected chi connectivity index (χ2v) is 7.56. The van der Waals surface area contributed by atoms with Crippen LogP contribution < -0.4 is 0 Å². The molecule has 0 aliphatic heterocycles. The van der Waals surface area contributed by atoms with Gasteiger partial charge in [-0.3, -0.25) is 0 Å². The molecule has 0 saturated carbocycles. The molecule has 0 amide bonds. The van der Waals surface area contributed by atoms with Gasteiger partial charge in [0, 0.05) is 0 Å². The molecule has 0 unspecified atom stereocenters. The largest absolute Gasteiger partial charge is 0.236 e. The molecule has 139 valence electrons. The summed E-state index contributed by atoms with van der Waals surface area (Å²) >= 11 is 0. The van der Waals surface area contributed by atoms with E-state index in [1.165, 1.54) is 116 Å². The zero-order valence-corrected chi connectivity index (χ0v) is 16.4. The topological polar surface area (TPSA) is 19.9 Å². The second kappa shape index (κ2) is 20.0. The maximum absolute atomic E-state index is 11.3. The molecule has 0 aliphatic rings. The van der Waals surface area contributed by atoms with Crippen LogP contribution in [0.15, 0.2) is 0 Å². The zero-order valence-electron chi connectivity index (χ0n) is 16.4. The normalized spacial score (nSPS) is 11.5. The van der Waals surface area contributed by atoms with Gasteiger partial charge in [-0.2, -0.15) is 0 Å². The molecule has 0 aromatic rings. The van der Waals surface area contributed by atoms with Gasteiger partial charge in [0.1, 0.15) is 0 Å². The molecule has 0 fully saturated rings. The fraction of sp³-hybridized carbons (Fsp3) is 1.00. The monoisotopic (exact) mass is 325 g/mol. The van der Waals surface area contributed by atoms with Gasteiger partial charge in [-0.05, 0) is 18.8 Å². The van der Waals surface area contributed by atoms with Gasteiger partial charge in [-0.15, -0.1) is 0 Å². The summed E-state index contributed by atoms with van der Waals surface area (Å²) in [6.07, 6.45) is 24.4. The molecule has 1 nitrogen and oxygen atoms in total. The van der Waals surface area contributed by atoms with Gasteiger partial charge in [0.15, 0.2) is 0 Å². The van der Waals surface area contributed by atoms with Crippen LogP contribution in [-0.4, -0.2) is 6.61 Å². The van der Waals surface area contributed by atoms with Gasteiger partial charge >= 0.3 is 0 Å². The van der Waals surface area contributed by atoms with Crippen LogP contribution in [0.3, 0.4) is 0 Å². The first-order valence-corrected chi connectivity index (χ1v) is 10.9. The van der Waals surface area contributed by atoms with Gasteiger partial charge in [-0.1, -0.05) is 117 Å². The van der Waals surface area contributed by atoms with E-state index in [1.54, 1.807) is 0 Å². The average Bonchev–Trinajstić information content (AvgIpc) is 2.57. The van der Waals surface area contributed by atoms with Gasteiger partial charge in [0.05, 0.1) is 6.61 Å². The quantitative estimate of drug-likeness (QED) is 0.214. The molecule has 0 spiro atoms. The van der Waals surface area contributed by atoms with Crippen molar-refractivity contribution in [3.63, 3.8) is 0 Å². The van der Waals surface area contributed by atoms with Crippen molar-refractivity contribution >= 4 is 0 Å². The highest BCUT2D eigenvalue weighted by Gasteiger charge is 2.07. The average molecular weight is 326 g/mol. The minimum absolute atomic E-state index is 0.160. The fourth-order valence-electron chi connectivity index (χ4n) is 3.44. The lowest BCUT2D eigenvalue weighted by Crippen LogP contribution is -2.05. The van der Waals surface area contributed by atoms with Gasteiger partial charge in [-0.25, -0.2) is 5.11 Å². The van der Waals surface area contributed by atoms with Crippen molar-refractivity contribution in [1.82, 2.24) is 0 Å². The Labute approximate surface area is 147 Å². The third-order valence-corrected chi connectivity index (χ3v) is 5.17. The van der Waals surface area contributed by atoms with Crippen LogP contribution in [0, 0.1) is 5.92 Å². The Morgan fingerprint density at radius 1 is 0.478 bits per heavy atom. The molecule has 0 aromatic carbocycles. The van der Waals surface area contributed by atoms with E-state index in [4.69, 9.17) is 0 Å². The van der Waals surface area contributed by atoms with Crippen LogP contribution in [0.25, 0.3) is 0 Å². The van der Waals surface area contributed by atoms with Crippen LogP contribution >= 0.6 is 0 Å². The number of rotatable bonds is 19. The van der Waals surface area contributed by atoms with E-state index in [0.717, 1.165) is 0 Å². The van der Waals surface area contributed by atoms with Gasteiger partial charge in [0.25, 0.3) is 0 Å². The van der Waals surface area contributed by atoms with Crippen LogP contribution in [0.2, 0.25) is 0 Å². The first kappa shape index (κ1) is 23.0. The van der Waals surface area contributed by atoms with Crippen LogP contribution in [-0.2, 0) is 5.11 Å². The van der Waals surface area contributed by atoms with E-state index in [1.807, 2.05) is 0 Å². The highest BCUT2D eigenvalue weighted by molar-refractivity contribution is 4.59. The minimum atomic E-state index is 0.160. The van der Waals surface area contributed by atoms with Crippen molar-refractivity contribution in [2.75, 3.05) is 6.61 Å². The number of unbranched alkanes of at least 4 members (excludes halogenated alkanes) is 14. The van der Waals surface area contributed by atoms with Crippen molar-refractivity contribution in [2.24, 2.45) is 5.92 Å². The standard InChI is InChI=1S/C22H45O/c1-3-5-7-9-11-13-15-17-19-22(21-23)20-18-16-14-12-10-8-6-4-2/h22H,3-21H2,1-2H3. The summed E-state index contributed by atoms with van der Waals surface area (Å²) in [4.78, 5) is 0. The Bertz CT molecular complexity index is 182. The van der Waals surface area contributed by atoms with E-state index in [9.17, 15) is 5.11 Å². The van der Waals surface area contributed by atoms with Crippen molar-refractivity contribution in [1.29, 1.82) is 0 Å². The van der Waals surface area contributed by atoms with Crippen LogP contribution in [0.1, 0.15) is 129 Å². The SMILES string of the molecule is CCCCCCCCCCC(C[O])CCCCCCCCCC. The summed E-state index contributed by atoms with van der Waals surface area (Å²) in [6.45, 7) is 4.71. The van der Waals surface area contributed by atoms with Crippen molar-refractivity contribution in [3.8, 4) is 0 Å². The van der Waals surface area contributed by atoms with Crippen LogP contribution in [0.4, 0.5) is 0 Å². The van der Waals surface area contributed by atoms with Gasteiger partial charge in [0.2, 0.25) is 0 Å². The first-order valence-electron chi connectivity index (χ1n) is 10.9. The summed E-state index contributed by atoms with van der Waals surface area (Å²) in [5.41, 5.74) is 0. The van der Waals surface area contributed by atoms with E-state index in [-0.39, 0.29) is 6.61 Å². The Hall–Kier alpha value is -0.0400. The Kier molecular flexibility index (Phi) is 20.0. The number of hydrogen-bond donors (Lipinski definition) is 0. The minimum Gasteiger partial charge on any atom is -0.236 e. The third kappa shape index (κ3) is 18.1. The molecule has 0 aromatic heterocycles. The maximum Gasteiger partial charge on any atom is 0.0850 e. The van der Waals surface area contributed by atoms with E-state index in [2.05, 4.69) is 13.8 Å². The predicted octanol–water partition coefficient (Wildman–Crippen LogP) is 8.09. The summed E-state index contributed by atoms with van der Waals surface area (Å²) in [5.74, 6) is 0.468. The first-order chi connectivity index (χ1) is 11.3.